The average molecular weight is 731 g/mol. The van der Waals surface area contributed by atoms with Crippen LogP contribution < -0.4 is 0 Å². The van der Waals surface area contributed by atoms with Crippen LogP contribution in [0.15, 0.2) is 12.2 Å². The highest BCUT2D eigenvalue weighted by atomic mass is 31.2. The Morgan fingerprint density at radius 3 is 1.78 bits per heavy atom. The molecular formula is C40H75O9P. The Morgan fingerprint density at radius 2 is 1.22 bits per heavy atom. The van der Waals surface area contributed by atoms with Crippen molar-refractivity contribution in [2.24, 2.45) is 5.92 Å². The molecule has 3 atom stereocenters. The molecule has 1 aliphatic rings. The standard InChI is InChI=1S/C40H75O9P/c1-4-5-23-29-37-38(49-37)30-25-20-16-13-14-17-21-26-31-39(41)46-33-36(34-47-50(43,44)45)48-40(42)32-27-22-18-12-10-8-6-7-9-11-15-19-24-28-35(2)3/h20,25,35-38H,4-19,21-24,26-34H2,1-3H3,(H2,43,44,45)/b25-20-/t36-,37?,38?/m1/s1. The van der Waals surface area contributed by atoms with Crippen molar-refractivity contribution in [2.75, 3.05) is 13.2 Å². The van der Waals surface area contributed by atoms with E-state index in [0.29, 0.717) is 25.0 Å². The van der Waals surface area contributed by atoms with E-state index in [9.17, 15) is 14.2 Å². The summed E-state index contributed by atoms with van der Waals surface area (Å²) in [7, 11) is -4.75. The number of esters is 2. The molecular weight excluding hydrogens is 655 g/mol. The van der Waals surface area contributed by atoms with E-state index in [1.54, 1.807) is 0 Å². The van der Waals surface area contributed by atoms with Crippen molar-refractivity contribution in [1.82, 2.24) is 0 Å². The number of ether oxygens (including phenoxy) is 3. The van der Waals surface area contributed by atoms with Gasteiger partial charge in [-0.25, -0.2) is 4.57 Å². The molecule has 0 amide bonds. The lowest BCUT2D eigenvalue weighted by molar-refractivity contribution is -0.161. The Morgan fingerprint density at radius 1 is 0.680 bits per heavy atom. The van der Waals surface area contributed by atoms with Gasteiger partial charge in [0.05, 0.1) is 18.8 Å². The van der Waals surface area contributed by atoms with Crippen molar-refractivity contribution in [3.63, 3.8) is 0 Å². The second-order valence-corrected chi connectivity index (χ2v) is 16.1. The first-order valence-corrected chi connectivity index (χ1v) is 22.0. The summed E-state index contributed by atoms with van der Waals surface area (Å²) < 4.78 is 32.1. The van der Waals surface area contributed by atoms with Crippen LogP contribution in [0.1, 0.15) is 194 Å². The third kappa shape index (κ3) is 31.5. The minimum atomic E-state index is -4.75. The van der Waals surface area contributed by atoms with Gasteiger partial charge in [0.2, 0.25) is 0 Å². The molecule has 0 radical (unpaired) electrons. The number of phosphoric acid groups is 1. The largest absolute Gasteiger partial charge is 0.469 e. The molecule has 0 aromatic carbocycles. The predicted octanol–water partition coefficient (Wildman–Crippen LogP) is 11.1. The lowest BCUT2D eigenvalue weighted by atomic mass is 10.0. The van der Waals surface area contributed by atoms with E-state index in [-0.39, 0.29) is 19.4 Å². The molecule has 1 saturated heterocycles. The maximum atomic E-state index is 12.4. The highest BCUT2D eigenvalue weighted by molar-refractivity contribution is 7.46. The number of hydrogen-bond donors (Lipinski definition) is 2. The summed E-state index contributed by atoms with van der Waals surface area (Å²) in [6, 6.07) is 0. The quantitative estimate of drug-likeness (QED) is 0.0212. The lowest BCUT2D eigenvalue weighted by Gasteiger charge is -2.18. The molecule has 294 valence electrons. The first kappa shape index (κ1) is 46.8. The summed E-state index contributed by atoms with van der Waals surface area (Å²) in [5.74, 6) is -0.0769. The van der Waals surface area contributed by atoms with Crippen LogP contribution in [0.3, 0.4) is 0 Å². The number of allylic oxidation sites excluding steroid dienone is 1. The normalized spacial score (nSPS) is 16.7. The van der Waals surface area contributed by atoms with Crippen molar-refractivity contribution >= 4 is 19.8 Å². The van der Waals surface area contributed by atoms with Crippen molar-refractivity contribution in [1.29, 1.82) is 0 Å². The molecule has 0 aromatic rings. The van der Waals surface area contributed by atoms with Gasteiger partial charge in [-0.15, -0.1) is 0 Å². The topological polar surface area (TPSA) is 132 Å². The second-order valence-electron chi connectivity index (χ2n) is 14.8. The van der Waals surface area contributed by atoms with E-state index in [1.807, 2.05) is 0 Å². The first-order chi connectivity index (χ1) is 24.1. The maximum absolute atomic E-state index is 12.4. The van der Waals surface area contributed by atoms with Crippen LogP contribution in [0.2, 0.25) is 0 Å². The van der Waals surface area contributed by atoms with E-state index in [0.717, 1.165) is 63.7 Å². The molecule has 0 bridgehead atoms. The fraction of sp³-hybridized carbons (Fsp3) is 0.900. The third-order valence-corrected chi connectivity index (χ3v) is 9.87. The highest BCUT2D eigenvalue weighted by Gasteiger charge is 2.36. The fourth-order valence-corrected chi connectivity index (χ4v) is 6.57. The summed E-state index contributed by atoms with van der Waals surface area (Å²) >= 11 is 0. The number of carbonyl (C=O) groups excluding carboxylic acids is 2. The number of rotatable bonds is 36. The summed E-state index contributed by atoms with van der Waals surface area (Å²) in [6.45, 7) is 5.98. The maximum Gasteiger partial charge on any atom is 0.469 e. The van der Waals surface area contributed by atoms with Crippen LogP contribution in [0.5, 0.6) is 0 Å². The Kier molecular flexibility index (Phi) is 29.3. The zero-order valence-corrected chi connectivity index (χ0v) is 33.1. The van der Waals surface area contributed by atoms with Gasteiger partial charge in [-0.1, -0.05) is 155 Å². The highest BCUT2D eigenvalue weighted by Crippen LogP contribution is 2.36. The van der Waals surface area contributed by atoms with Crippen molar-refractivity contribution in [3.8, 4) is 0 Å². The van der Waals surface area contributed by atoms with Gasteiger partial charge >= 0.3 is 19.8 Å². The van der Waals surface area contributed by atoms with Gasteiger partial charge in [0, 0.05) is 12.8 Å². The molecule has 1 fully saturated rings. The number of unbranched alkanes of at least 4 members (excludes halogenated alkanes) is 19. The lowest BCUT2D eigenvalue weighted by Crippen LogP contribution is -2.29. The molecule has 1 rings (SSSR count). The monoisotopic (exact) mass is 731 g/mol. The van der Waals surface area contributed by atoms with E-state index in [4.69, 9.17) is 24.0 Å². The van der Waals surface area contributed by atoms with Gasteiger partial charge in [-0.2, -0.15) is 0 Å². The van der Waals surface area contributed by atoms with Gasteiger partial charge < -0.3 is 24.0 Å². The zero-order valence-electron chi connectivity index (χ0n) is 32.2. The molecule has 0 aliphatic carbocycles. The molecule has 0 saturated carbocycles. The van der Waals surface area contributed by atoms with Crippen molar-refractivity contribution < 1.29 is 42.7 Å². The molecule has 1 aliphatic heterocycles. The smallest absolute Gasteiger partial charge is 0.462 e. The Hall–Kier alpha value is -1.25. The number of phosphoric ester groups is 1. The van der Waals surface area contributed by atoms with E-state index in [1.165, 1.54) is 89.9 Å². The molecule has 0 spiro atoms. The van der Waals surface area contributed by atoms with Crippen LogP contribution in [0.4, 0.5) is 0 Å². The summed E-state index contributed by atoms with van der Waals surface area (Å²) in [5.41, 5.74) is 0. The molecule has 10 heteroatoms. The molecule has 2 N–H and O–H groups in total. The van der Waals surface area contributed by atoms with Gasteiger partial charge in [0.15, 0.2) is 6.10 Å². The van der Waals surface area contributed by atoms with Crippen LogP contribution in [0.25, 0.3) is 0 Å². The van der Waals surface area contributed by atoms with Gasteiger partial charge in [0.25, 0.3) is 0 Å². The zero-order chi connectivity index (χ0) is 36.7. The minimum absolute atomic E-state index is 0.210. The van der Waals surface area contributed by atoms with Crippen molar-refractivity contribution in [2.45, 2.75) is 212 Å². The number of epoxide rings is 1. The van der Waals surface area contributed by atoms with Crippen LogP contribution >= 0.6 is 7.82 Å². The number of carbonyl (C=O) groups is 2. The number of hydrogen-bond acceptors (Lipinski definition) is 7. The third-order valence-electron chi connectivity index (χ3n) is 9.39. The Bertz CT molecular complexity index is 903. The SMILES string of the molecule is CCCCCC1OC1C/C=C\CCCCCCCC(=O)OC[C@H](COP(=O)(O)O)OC(=O)CCCCCCCCCCCCCCCC(C)C. The molecule has 2 unspecified atom stereocenters. The Labute approximate surface area is 305 Å². The van der Waals surface area contributed by atoms with E-state index < -0.39 is 32.5 Å². The van der Waals surface area contributed by atoms with Gasteiger partial charge in [0.1, 0.15) is 6.61 Å². The van der Waals surface area contributed by atoms with E-state index in [2.05, 4.69) is 37.4 Å². The predicted molar refractivity (Wildman–Crippen MR) is 202 cm³/mol. The minimum Gasteiger partial charge on any atom is -0.462 e. The summed E-state index contributed by atoms with van der Waals surface area (Å²) in [5, 5.41) is 0. The molecule has 9 nitrogen and oxygen atoms in total. The second kappa shape index (κ2) is 31.3. The summed E-state index contributed by atoms with van der Waals surface area (Å²) in [4.78, 5) is 42.8. The van der Waals surface area contributed by atoms with Crippen molar-refractivity contribution in [3.05, 3.63) is 12.2 Å². The van der Waals surface area contributed by atoms with Crippen LogP contribution in [-0.2, 0) is 32.9 Å². The fourth-order valence-electron chi connectivity index (χ4n) is 6.21. The molecule has 0 aromatic heterocycles. The van der Waals surface area contributed by atoms with Gasteiger partial charge in [-0.05, 0) is 44.4 Å². The summed E-state index contributed by atoms with van der Waals surface area (Å²) in [6.07, 6.45) is 33.9. The van der Waals surface area contributed by atoms with E-state index >= 15 is 0 Å². The average Bonchev–Trinajstić information content (AvgIpc) is 3.82. The molecule has 1 heterocycles. The first-order valence-electron chi connectivity index (χ1n) is 20.5. The van der Waals surface area contributed by atoms with Crippen LogP contribution in [-0.4, -0.2) is 53.3 Å². The molecule has 50 heavy (non-hydrogen) atoms. The Balaban J connectivity index is 2.05. The van der Waals surface area contributed by atoms with Gasteiger partial charge in [-0.3, -0.25) is 14.1 Å². The van der Waals surface area contributed by atoms with Crippen LogP contribution in [0, 0.1) is 5.92 Å².